The summed E-state index contributed by atoms with van der Waals surface area (Å²) in [7, 11) is 0. The fourth-order valence-electron chi connectivity index (χ4n) is 8.96. The lowest BCUT2D eigenvalue weighted by atomic mass is 9.93. The number of rotatable bonds is 11. The number of anilines is 6. The van der Waals surface area contributed by atoms with Gasteiger partial charge in [-0.05, 0) is 167 Å². The summed E-state index contributed by atoms with van der Waals surface area (Å²) in [4.78, 5) is 4.73. The van der Waals surface area contributed by atoms with Crippen LogP contribution in [0.2, 0.25) is 0 Å². The second-order valence-corrected chi connectivity index (χ2v) is 16.3. The van der Waals surface area contributed by atoms with E-state index in [1.165, 1.54) is 81.3 Å². The Morgan fingerprint density at radius 3 is 0.935 bits per heavy atom. The zero-order valence-corrected chi connectivity index (χ0v) is 35.1. The molecule has 0 amide bonds. The van der Waals surface area contributed by atoms with Crippen molar-refractivity contribution in [3.8, 4) is 33.4 Å². The van der Waals surface area contributed by atoms with Crippen molar-refractivity contribution in [1.82, 2.24) is 0 Å². The zero-order chi connectivity index (χ0) is 41.5. The van der Waals surface area contributed by atoms with Crippen molar-refractivity contribution in [2.75, 3.05) is 9.80 Å². The summed E-state index contributed by atoms with van der Waals surface area (Å²) in [6.45, 7) is 0. The maximum Gasteiger partial charge on any atom is 0.0462 e. The van der Waals surface area contributed by atoms with Crippen molar-refractivity contribution in [3.63, 3.8) is 0 Å². The molecular formula is C60H50N2. The minimum atomic E-state index is 1.08. The molecule has 0 radical (unpaired) electrons. The predicted octanol–water partition coefficient (Wildman–Crippen LogP) is 17.3. The van der Waals surface area contributed by atoms with Gasteiger partial charge in [-0.3, -0.25) is 0 Å². The molecule has 10 rings (SSSR count). The van der Waals surface area contributed by atoms with Crippen LogP contribution in [-0.2, 0) is 0 Å². The first-order chi connectivity index (χ1) is 30.7. The van der Waals surface area contributed by atoms with E-state index in [1.807, 2.05) is 0 Å². The fourth-order valence-corrected chi connectivity index (χ4v) is 8.96. The van der Waals surface area contributed by atoms with Crippen molar-refractivity contribution in [2.24, 2.45) is 0 Å². The Bertz CT molecular complexity index is 2730. The monoisotopic (exact) mass is 798 g/mol. The molecule has 0 bridgehead atoms. The van der Waals surface area contributed by atoms with Gasteiger partial charge in [-0.25, -0.2) is 0 Å². The van der Waals surface area contributed by atoms with Crippen molar-refractivity contribution < 1.29 is 0 Å². The van der Waals surface area contributed by atoms with Gasteiger partial charge in [-0.2, -0.15) is 0 Å². The van der Waals surface area contributed by atoms with Gasteiger partial charge < -0.3 is 9.80 Å². The third kappa shape index (κ3) is 8.46. The molecule has 2 aliphatic rings. The summed E-state index contributed by atoms with van der Waals surface area (Å²) in [6, 6.07) is 75.3. The number of hydrogen-bond donors (Lipinski definition) is 0. The predicted molar refractivity (Wildman–Crippen MR) is 265 cm³/mol. The Labute approximate surface area is 367 Å². The lowest BCUT2D eigenvalue weighted by molar-refractivity contribution is 0.742. The lowest BCUT2D eigenvalue weighted by Gasteiger charge is -2.27. The molecule has 2 heteroatoms. The summed E-state index contributed by atoms with van der Waals surface area (Å²) in [5.41, 5.74) is 19.5. The number of allylic oxidation sites excluding steroid dienone is 6. The second-order valence-electron chi connectivity index (χ2n) is 16.3. The van der Waals surface area contributed by atoms with Crippen molar-refractivity contribution in [3.05, 3.63) is 242 Å². The molecule has 0 N–H and O–H groups in total. The van der Waals surface area contributed by atoms with Gasteiger partial charge in [0.1, 0.15) is 0 Å². The highest BCUT2D eigenvalue weighted by atomic mass is 15.1. The van der Waals surface area contributed by atoms with E-state index < -0.39 is 0 Å². The van der Waals surface area contributed by atoms with E-state index in [0.717, 1.165) is 47.0 Å². The van der Waals surface area contributed by atoms with Crippen LogP contribution in [0.4, 0.5) is 34.1 Å². The molecule has 2 aliphatic carbocycles. The molecule has 300 valence electrons. The minimum Gasteiger partial charge on any atom is -0.311 e. The SMILES string of the molecule is C1=CCCC(c2ccc(N(c3ccc(C4=CCCCC4)cc3)c3ccc(-c4ccc(N(c5ccc(-c6ccccc6)cc5)c5ccc(-c6ccccc6)cc5)cc4)cc3)cc2)=C1. The molecule has 0 unspecified atom stereocenters. The molecule has 0 spiro atoms. The third-order valence-electron chi connectivity index (χ3n) is 12.3. The van der Waals surface area contributed by atoms with Gasteiger partial charge in [0.15, 0.2) is 0 Å². The molecule has 0 aromatic heterocycles. The smallest absolute Gasteiger partial charge is 0.0462 e. The number of nitrogens with zero attached hydrogens (tertiary/aromatic N) is 2. The van der Waals surface area contributed by atoms with E-state index in [9.17, 15) is 0 Å². The van der Waals surface area contributed by atoms with Crippen molar-refractivity contribution in [2.45, 2.75) is 38.5 Å². The zero-order valence-electron chi connectivity index (χ0n) is 35.1. The molecule has 0 heterocycles. The van der Waals surface area contributed by atoms with Crippen molar-refractivity contribution >= 4 is 45.3 Å². The van der Waals surface area contributed by atoms with Crippen LogP contribution in [0, 0.1) is 0 Å². The Kier molecular flexibility index (Phi) is 11.3. The second kappa shape index (κ2) is 18.1. The molecule has 0 saturated carbocycles. The molecule has 2 nitrogen and oxygen atoms in total. The normalized spacial score (nSPS) is 13.5. The first-order valence-electron chi connectivity index (χ1n) is 22.1. The van der Waals surface area contributed by atoms with Gasteiger partial charge >= 0.3 is 0 Å². The van der Waals surface area contributed by atoms with Crippen LogP contribution in [0.15, 0.2) is 231 Å². The first kappa shape index (κ1) is 38.8. The van der Waals surface area contributed by atoms with Crippen LogP contribution in [0.5, 0.6) is 0 Å². The lowest BCUT2D eigenvalue weighted by Crippen LogP contribution is -2.10. The average Bonchev–Trinajstić information content (AvgIpc) is 3.36. The van der Waals surface area contributed by atoms with Gasteiger partial charge in [0.05, 0.1) is 0 Å². The van der Waals surface area contributed by atoms with E-state index in [1.54, 1.807) is 0 Å². The van der Waals surface area contributed by atoms with E-state index in [4.69, 9.17) is 0 Å². The Balaban J connectivity index is 0.952. The highest BCUT2D eigenvalue weighted by Crippen LogP contribution is 2.40. The Morgan fingerprint density at radius 2 is 0.613 bits per heavy atom. The summed E-state index contributed by atoms with van der Waals surface area (Å²) >= 11 is 0. The summed E-state index contributed by atoms with van der Waals surface area (Å²) < 4.78 is 0. The molecule has 8 aromatic carbocycles. The topological polar surface area (TPSA) is 6.48 Å². The standard InChI is InChI=1S/C60H50N2/c1-5-13-45(14-6-1)49-21-33-55(34-22-49)61(56-35-23-50(24-36-56)46-15-7-2-8-16-46)59-41-29-53(30-42-59)54-31-43-60(44-32-54)62(57-37-25-51(26-38-57)47-17-9-3-10-18-47)58-39-27-52(28-40-58)48-19-11-4-12-20-48/h1-3,5-9,13-17,19,21-44H,4,10-12,18,20H2. The van der Waals surface area contributed by atoms with Crippen LogP contribution in [0.3, 0.4) is 0 Å². The van der Waals surface area contributed by atoms with E-state index >= 15 is 0 Å². The van der Waals surface area contributed by atoms with Crippen LogP contribution in [0.1, 0.15) is 49.7 Å². The molecule has 0 aliphatic heterocycles. The average molecular weight is 799 g/mol. The summed E-state index contributed by atoms with van der Waals surface area (Å²) in [5, 5.41) is 0. The Hall–Kier alpha value is -7.42. The van der Waals surface area contributed by atoms with Crippen LogP contribution in [-0.4, -0.2) is 0 Å². The van der Waals surface area contributed by atoms with Gasteiger partial charge in [0.25, 0.3) is 0 Å². The highest BCUT2D eigenvalue weighted by molar-refractivity contribution is 5.83. The number of hydrogen-bond acceptors (Lipinski definition) is 2. The van der Waals surface area contributed by atoms with Crippen LogP contribution < -0.4 is 9.80 Å². The maximum atomic E-state index is 2.43. The van der Waals surface area contributed by atoms with Crippen LogP contribution in [0.25, 0.3) is 44.5 Å². The van der Waals surface area contributed by atoms with Gasteiger partial charge in [-0.1, -0.05) is 158 Å². The number of benzene rings is 8. The maximum absolute atomic E-state index is 2.43. The summed E-state index contributed by atoms with van der Waals surface area (Å²) in [6.07, 6.45) is 16.2. The molecular weight excluding hydrogens is 749 g/mol. The van der Waals surface area contributed by atoms with Gasteiger partial charge in [-0.15, -0.1) is 0 Å². The fraction of sp³-hybridized carbons (Fsp3) is 0.100. The molecule has 0 saturated heterocycles. The molecule has 62 heavy (non-hydrogen) atoms. The van der Waals surface area contributed by atoms with Crippen molar-refractivity contribution in [1.29, 1.82) is 0 Å². The Morgan fingerprint density at radius 1 is 0.274 bits per heavy atom. The third-order valence-corrected chi connectivity index (χ3v) is 12.3. The largest absolute Gasteiger partial charge is 0.311 e. The highest BCUT2D eigenvalue weighted by Gasteiger charge is 2.17. The minimum absolute atomic E-state index is 1.08. The molecule has 0 fully saturated rings. The first-order valence-corrected chi connectivity index (χ1v) is 22.1. The van der Waals surface area contributed by atoms with E-state index in [-0.39, 0.29) is 0 Å². The molecule has 0 atom stereocenters. The summed E-state index contributed by atoms with van der Waals surface area (Å²) in [5.74, 6) is 0. The van der Waals surface area contributed by atoms with E-state index in [0.29, 0.717) is 0 Å². The van der Waals surface area contributed by atoms with E-state index in [2.05, 4.69) is 240 Å². The van der Waals surface area contributed by atoms with Gasteiger partial charge in [0, 0.05) is 34.1 Å². The quantitative estimate of drug-likeness (QED) is 0.129. The molecule has 8 aromatic rings. The van der Waals surface area contributed by atoms with Crippen LogP contribution >= 0.6 is 0 Å². The van der Waals surface area contributed by atoms with Gasteiger partial charge in [0.2, 0.25) is 0 Å².